The molecule has 0 aliphatic carbocycles. The predicted molar refractivity (Wildman–Crippen MR) is 309 cm³/mol. The summed E-state index contributed by atoms with van der Waals surface area (Å²) in [7, 11) is 8.05. The number of ether oxygens (including phenoxy) is 27. The molecule has 22 rings (SSSR count). The van der Waals surface area contributed by atoms with E-state index >= 15 is 0 Å². The number of rotatable bonds is 27. The van der Waals surface area contributed by atoms with Crippen LogP contribution in [0.15, 0.2) is 0 Å². The topological polar surface area (TPSA) is 379 Å². The molecule has 22 saturated heterocycles. The summed E-state index contributed by atoms with van der Waals surface area (Å²) in [4.78, 5) is 0. The van der Waals surface area contributed by atoms with E-state index in [1.165, 1.54) is 107 Å². The molecule has 12 bridgehead atoms. The van der Waals surface area contributed by atoms with Crippen molar-refractivity contribution in [1.82, 2.24) is 0 Å². The van der Waals surface area contributed by atoms with E-state index < -0.39 is 234 Å². The molecule has 22 heterocycles. The van der Waals surface area contributed by atoms with Gasteiger partial charge in [0, 0.05) is 107 Å². The van der Waals surface area contributed by atoms with Crippen molar-refractivity contribution in [2.75, 3.05) is 165 Å². The lowest BCUT2D eigenvalue weighted by Gasteiger charge is -2.53. The van der Waals surface area contributed by atoms with Crippen LogP contribution in [0.25, 0.3) is 0 Å². The molecule has 22 fully saturated rings. The highest BCUT2D eigenvalue weighted by molar-refractivity contribution is 7.86. The average molecular weight is 1420 g/mol. The van der Waals surface area contributed by atoms with E-state index in [0.29, 0.717) is 0 Å². The molecule has 0 saturated carbocycles. The average Bonchev–Trinajstić information content (AvgIpc) is 0.770. The fourth-order valence-corrected chi connectivity index (χ4v) is 14.0. The summed E-state index contributed by atoms with van der Waals surface area (Å²) in [6.45, 7) is -2.66. The van der Waals surface area contributed by atoms with Crippen molar-refractivity contribution in [2.24, 2.45) is 0 Å². The van der Waals surface area contributed by atoms with Crippen LogP contribution in [0.3, 0.4) is 0 Å². The van der Waals surface area contributed by atoms with Crippen LogP contribution in [-0.2, 0) is 171 Å². The second kappa shape index (κ2) is 35.8. The highest BCUT2D eigenvalue weighted by atomic mass is 32.2. The molecule has 0 amide bonds. The van der Waals surface area contributed by atoms with E-state index in [0.717, 1.165) is 18.8 Å². The zero-order chi connectivity index (χ0) is 68.3. The largest absolute Gasteiger partial charge is 0.382 e. The molecule has 0 unspecified atom stereocenters. The van der Waals surface area contributed by atoms with Crippen molar-refractivity contribution in [1.29, 1.82) is 0 Å². The SMILES string of the molecule is COC[C@H]1O[C@@H]2O[C@H]3[C@H](OC)[C@@H](OC)[C@@H](O[C@H]4[C@H](OC)[C@@H](OC)[C@@H](O[C@H]5[C@H](OC)[C@@H](OC)[C@@H](O[C@H]6[C@H](OC)[C@@H](OC)[C@@H](O[C@H]7[C@H](OC)[C@@H](OC)[C@@H](O[C@H]1[C@H](OC)[C@H]2OC)O[C@@H]7COS(C)(=O)=O)O[C@@H]6COC)O[C@@H]5COS(C)(=O)=O)O[C@@H]4COC)O[C@@H]3COS(C)(=O)=O. The molecular formula is C54H96O36S3. The molecule has 22 aliphatic rings. The maximum Gasteiger partial charge on any atom is 0.264 e. The van der Waals surface area contributed by atoms with Gasteiger partial charge in [0.1, 0.15) is 146 Å². The van der Waals surface area contributed by atoms with Gasteiger partial charge in [-0.25, -0.2) is 0 Å². The number of hydrogen-bond donors (Lipinski definition) is 0. The first-order valence-electron chi connectivity index (χ1n) is 29.5. The van der Waals surface area contributed by atoms with Crippen molar-refractivity contribution in [2.45, 2.75) is 184 Å². The van der Waals surface area contributed by atoms with Gasteiger partial charge in [0.25, 0.3) is 30.4 Å². The van der Waals surface area contributed by atoms with Crippen LogP contribution in [0.4, 0.5) is 0 Å². The zero-order valence-corrected chi connectivity index (χ0v) is 57.9. The third-order valence-corrected chi connectivity index (χ3v) is 18.6. The quantitative estimate of drug-likeness (QED) is 0.0727. The highest BCUT2D eigenvalue weighted by Crippen LogP contribution is 2.42. The summed E-state index contributed by atoms with van der Waals surface area (Å²) in [6.07, 6.45) is -36.1. The second-order valence-electron chi connectivity index (χ2n) is 22.6. The molecule has 30 atom stereocenters. The minimum absolute atomic E-state index is 0.200. The summed E-state index contributed by atoms with van der Waals surface area (Å²) in [6, 6.07) is 0. The van der Waals surface area contributed by atoms with Gasteiger partial charge in [-0.3, -0.25) is 12.5 Å². The molecule has 39 heteroatoms. The Morgan fingerprint density at radius 3 is 0.473 bits per heavy atom. The molecule has 0 aromatic rings. The standard InChI is InChI=1S/C54H96O36S3/c1-61-19-25-31-37(64-4)43(70-10)49(79-25)88-34-28(22-76-91(16,55)56)83-53(47(74-14)40(34)67-7)86-32-26(20-62-2)81-51(45(72-12)38(32)65-5)90-36-30(24-78-93(18,59)60)84-54(48(75-15)42(36)69-9)87-33-27(21-63-3)80-50(44(71-11)39(33)66-6)89-35-29(23-77-92(17,57)58)82-52(85-31)46(73-13)41(35)68-8/h25-54H,19-24H2,1-18H3/t25-,26-,27-,28-,29-,30-,31-,32-,33-,34-,35-,36-,37+,38+,39+,40+,41+,42+,43-,44-,45-,46-,47-,48-,49-,50-,51-,52-,53-,54-/m1/s1. The van der Waals surface area contributed by atoms with Crippen LogP contribution in [0.2, 0.25) is 0 Å². The van der Waals surface area contributed by atoms with Crippen LogP contribution < -0.4 is 0 Å². The number of methoxy groups -OCH3 is 15. The van der Waals surface area contributed by atoms with Gasteiger partial charge >= 0.3 is 0 Å². The maximum atomic E-state index is 12.8. The molecule has 0 aromatic carbocycles. The Bertz CT molecular complexity index is 2290. The first-order valence-corrected chi connectivity index (χ1v) is 35.0. The molecular weight excluding hydrogens is 1320 g/mol. The lowest BCUT2D eigenvalue weighted by atomic mass is 9.94. The molecule has 0 radical (unpaired) electrons. The van der Waals surface area contributed by atoms with Crippen LogP contribution in [0, 0.1) is 0 Å². The Balaban J connectivity index is 1.40. The fourth-order valence-electron chi connectivity index (χ4n) is 12.8. The van der Waals surface area contributed by atoms with E-state index in [9.17, 15) is 25.3 Å². The van der Waals surface area contributed by atoms with Gasteiger partial charge in [-0.1, -0.05) is 0 Å². The van der Waals surface area contributed by atoms with E-state index in [2.05, 4.69) is 0 Å². The lowest BCUT2D eigenvalue weighted by molar-refractivity contribution is -0.409. The van der Waals surface area contributed by atoms with E-state index in [1.54, 1.807) is 0 Å². The molecule has 0 aromatic heterocycles. The molecule has 0 N–H and O–H groups in total. The molecule has 93 heavy (non-hydrogen) atoms. The van der Waals surface area contributed by atoms with E-state index in [4.69, 9.17) is 140 Å². The van der Waals surface area contributed by atoms with Gasteiger partial charge in [-0.2, -0.15) is 25.3 Å². The Labute approximate surface area is 543 Å². The first kappa shape index (κ1) is 79.0. The zero-order valence-electron chi connectivity index (χ0n) is 55.5. The van der Waals surface area contributed by atoms with Crippen LogP contribution >= 0.6 is 0 Å². The van der Waals surface area contributed by atoms with Crippen molar-refractivity contribution < 1.29 is 166 Å². The molecule has 0 spiro atoms. The molecule has 22 aliphatic heterocycles. The third-order valence-electron chi connectivity index (χ3n) is 16.9. The van der Waals surface area contributed by atoms with Crippen molar-refractivity contribution >= 4 is 30.4 Å². The second-order valence-corrected chi connectivity index (χ2v) is 27.5. The van der Waals surface area contributed by atoms with Crippen LogP contribution in [-0.4, -0.2) is 375 Å². The van der Waals surface area contributed by atoms with Gasteiger partial charge in [0.05, 0.1) is 58.4 Å². The highest BCUT2D eigenvalue weighted by Gasteiger charge is 2.61. The van der Waals surface area contributed by atoms with Gasteiger partial charge in [-0.05, 0) is 0 Å². The smallest absolute Gasteiger partial charge is 0.264 e. The van der Waals surface area contributed by atoms with Crippen LogP contribution in [0.5, 0.6) is 0 Å². The minimum Gasteiger partial charge on any atom is -0.382 e. The predicted octanol–water partition coefficient (Wildman–Crippen LogP) is -3.29. The normalized spacial score (nSPS) is 43.3. The Morgan fingerprint density at radius 2 is 0.355 bits per heavy atom. The monoisotopic (exact) mass is 1420 g/mol. The van der Waals surface area contributed by atoms with Gasteiger partial charge in [0.2, 0.25) is 0 Å². The molecule has 36 nitrogen and oxygen atoms in total. The third kappa shape index (κ3) is 19.0. The Hall–Kier alpha value is -1.35. The lowest BCUT2D eigenvalue weighted by Crippen LogP contribution is -2.70. The Morgan fingerprint density at radius 1 is 0.215 bits per heavy atom. The Kier molecular flexibility index (Phi) is 30.4. The van der Waals surface area contributed by atoms with Gasteiger partial charge in [0.15, 0.2) is 37.7 Å². The summed E-state index contributed by atoms with van der Waals surface area (Å²) in [5.41, 5.74) is 0. The maximum absolute atomic E-state index is 12.8. The van der Waals surface area contributed by atoms with E-state index in [1.807, 2.05) is 0 Å². The van der Waals surface area contributed by atoms with Gasteiger partial charge in [-0.15, -0.1) is 0 Å². The van der Waals surface area contributed by atoms with Crippen molar-refractivity contribution in [3.8, 4) is 0 Å². The molecule has 546 valence electrons. The fraction of sp³-hybridized carbons (Fsp3) is 1.00. The summed E-state index contributed by atoms with van der Waals surface area (Å²) < 4.78 is 266. The minimum atomic E-state index is -4.18. The summed E-state index contributed by atoms with van der Waals surface area (Å²) >= 11 is 0. The first-order chi connectivity index (χ1) is 44.3. The number of hydrogen-bond acceptors (Lipinski definition) is 36. The van der Waals surface area contributed by atoms with Crippen molar-refractivity contribution in [3.63, 3.8) is 0 Å². The van der Waals surface area contributed by atoms with E-state index in [-0.39, 0.29) is 19.8 Å². The van der Waals surface area contributed by atoms with Crippen LogP contribution in [0.1, 0.15) is 0 Å². The summed E-state index contributed by atoms with van der Waals surface area (Å²) in [5.74, 6) is 0. The van der Waals surface area contributed by atoms with Crippen molar-refractivity contribution in [3.05, 3.63) is 0 Å². The van der Waals surface area contributed by atoms with Gasteiger partial charge < -0.3 is 128 Å². The summed E-state index contributed by atoms with van der Waals surface area (Å²) in [5, 5.41) is 0.